The molecule has 186 valence electrons. The summed E-state index contributed by atoms with van der Waals surface area (Å²) in [6.07, 6.45) is -3.99. The predicted molar refractivity (Wildman–Crippen MR) is 121 cm³/mol. The van der Waals surface area contributed by atoms with E-state index in [1.165, 1.54) is 27.3 Å². The number of fused-ring (bicyclic) bond motifs is 1. The number of benzene rings is 1. The van der Waals surface area contributed by atoms with Crippen molar-refractivity contribution in [3.8, 4) is 11.5 Å². The fourth-order valence-electron chi connectivity index (χ4n) is 3.68. The molecular formula is C22H28F3N4O5+. The zero-order valence-electron chi connectivity index (χ0n) is 19.5. The molecule has 9 nitrogen and oxygen atoms in total. The van der Waals surface area contributed by atoms with Crippen molar-refractivity contribution in [2.24, 2.45) is 4.99 Å². The summed E-state index contributed by atoms with van der Waals surface area (Å²) >= 11 is 0. The second-order valence-corrected chi connectivity index (χ2v) is 7.89. The SMILES string of the molecule is CCn1c2c(c(=O)n(CCCOC)c1=O)[N+](C)(CC)C(Oc1cccc(OCC(F)(F)F)c1)=N2. The lowest BCUT2D eigenvalue weighted by Crippen LogP contribution is -2.55. The lowest BCUT2D eigenvalue weighted by atomic mass is 10.3. The van der Waals surface area contributed by atoms with Gasteiger partial charge in [0.2, 0.25) is 5.82 Å². The zero-order chi connectivity index (χ0) is 25.1. The number of rotatable bonds is 9. The maximum absolute atomic E-state index is 13.4. The summed E-state index contributed by atoms with van der Waals surface area (Å²) < 4.78 is 55.7. The summed E-state index contributed by atoms with van der Waals surface area (Å²) in [5, 5.41) is 0. The number of halogens is 3. The van der Waals surface area contributed by atoms with Crippen molar-refractivity contribution < 1.29 is 27.4 Å². The number of amidine groups is 1. The molecule has 1 aromatic heterocycles. The van der Waals surface area contributed by atoms with Gasteiger partial charge in [-0.15, -0.1) is 4.99 Å². The van der Waals surface area contributed by atoms with Crippen LogP contribution in [0.5, 0.6) is 11.5 Å². The molecule has 0 amide bonds. The molecule has 1 unspecified atom stereocenters. The minimum Gasteiger partial charge on any atom is -0.484 e. The molecule has 0 aliphatic carbocycles. The Morgan fingerprint density at radius 3 is 2.44 bits per heavy atom. The Labute approximate surface area is 194 Å². The van der Waals surface area contributed by atoms with Crippen LogP contribution in [0.4, 0.5) is 24.7 Å². The first-order valence-corrected chi connectivity index (χ1v) is 10.8. The van der Waals surface area contributed by atoms with Gasteiger partial charge in [0, 0.05) is 32.9 Å². The van der Waals surface area contributed by atoms with E-state index in [0.29, 0.717) is 25.3 Å². The van der Waals surface area contributed by atoms with Gasteiger partial charge >= 0.3 is 23.4 Å². The maximum Gasteiger partial charge on any atom is 0.422 e. The Balaban J connectivity index is 2.00. The third-order valence-electron chi connectivity index (χ3n) is 5.59. The van der Waals surface area contributed by atoms with Gasteiger partial charge in [0.15, 0.2) is 6.61 Å². The van der Waals surface area contributed by atoms with Crippen LogP contribution in [0.3, 0.4) is 0 Å². The third-order valence-corrected chi connectivity index (χ3v) is 5.59. The molecule has 0 fully saturated rings. The Morgan fingerprint density at radius 1 is 1.12 bits per heavy atom. The average Bonchev–Trinajstić information content (AvgIpc) is 3.07. The van der Waals surface area contributed by atoms with Crippen LogP contribution < -0.4 is 25.2 Å². The number of nitrogens with zero attached hydrogens (tertiary/aromatic N) is 4. The molecule has 1 atom stereocenters. The summed E-state index contributed by atoms with van der Waals surface area (Å²) in [5.74, 6) is 0.377. The lowest BCUT2D eigenvalue weighted by molar-refractivity contribution is -0.153. The van der Waals surface area contributed by atoms with E-state index in [9.17, 15) is 22.8 Å². The van der Waals surface area contributed by atoms with Crippen molar-refractivity contribution >= 4 is 17.5 Å². The highest BCUT2D eigenvalue weighted by Gasteiger charge is 2.46. The fourth-order valence-corrected chi connectivity index (χ4v) is 3.68. The molecule has 1 aliphatic rings. The summed E-state index contributed by atoms with van der Waals surface area (Å²) in [4.78, 5) is 30.9. The number of aromatic nitrogens is 2. The Kier molecular flexibility index (Phi) is 7.51. The summed E-state index contributed by atoms with van der Waals surface area (Å²) in [6, 6.07) is 5.85. The molecule has 0 radical (unpaired) electrons. The van der Waals surface area contributed by atoms with E-state index in [4.69, 9.17) is 14.2 Å². The molecule has 1 aromatic carbocycles. The van der Waals surface area contributed by atoms with Gasteiger partial charge in [0.1, 0.15) is 11.5 Å². The fraction of sp³-hybridized carbons (Fsp3) is 0.500. The third kappa shape index (κ3) is 5.02. The van der Waals surface area contributed by atoms with E-state index in [1.807, 2.05) is 6.92 Å². The Morgan fingerprint density at radius 2 is 1.82 bits per heavy atom. The van der Waals surface area contributed by atoms with Crippen molar-refractivity contribution in [1.29, 1.82) is 0 Å². The van der Waals surface area contributed by atoms with Gasteiger partial charge in [-0.3, -0.25) is 13.9 Å². The lowest BCUT2D eigenvalue weighted by Gasteiger charge is -2.27. The number of hydrogen-bond acceptors (Lipinski definition) is 6. The minimum atomic E-state index is -4.47. The quantitative estimate of drug-likeness (QED) is 0.403. The number of aliphatic imine (C=N–C) groups is 1. The van der Waals surface area contributed by atoms with Gasteiger partial charge in [0.05, 0.1) is 13.6 Å². The number of alkyl halides is 3. The smallest absolute Gasteiger partial charge is 0.422 e. The van der Waals surface area contributed by atoms with Crippen molar-refractivity contribution in [2.75, 3.05) is 33.9 Å². The van der Waals surface area contributed by atoms with Gasteiger partial charge in [-0.1, -0.05) is 6.07 Å². The molecule has 0 N–H and O–H groups in total. The van der Waals surface area contributed by atoms with E-state index >= 15 is 0 Å². The van der Waals surface area contributed by atoms with E-state index < -0.39 is 24.0 Å². The molecule has 12 heteroatoms. The molecular weight excluding hydrogens is 457 g/mol. The van der Waals surface area contributed by atoms with Crippen LogP contribution >= 0.6 is 0 Å². The monoisotopic (exact) mass is 485 g/mol. The summed E-state index contributed by atoms with van der Waals surface area (Å²) in [6.45, 7) is 3.43. The minimum absolute atomic E-state index is 0.0254. The standard InChI is InChI=1S/C22H28F3N4O5/c1-5-27-18-17(19(30)28(21(27)31)11-8-12-32-4)29(3,6-2)20(26-18)34-16-10-7-9-15(13-16)33-14-22(23,24)25/h7,9-10,13H,5-6,8,11-12,14H2,1-4H3/q+1. The number of ether oxygens (including phenoxy) is 3. The first-order valence-electron chi connectivity index (χ1n) is 10.8. The van der Waals surface area contributed by atoms with Crippen LogP contribution in [0, 0.1) is 0 Å². The van der Waals surface area contributed by atoms with E-state index in [1.54, 1.807) is 27.1 Å². The van der Waals surface area contributed by atoms with E-state index in [0.717, 1.165) is 0 Å². The molecule has 2 heterocycles. The number of methoxy groups -OCH3 is 1. The molecule has 0 bridgehead atoms. The first-order chi connectivity index (χ1) is 16.1. The van der Waals surface area contributed by atoms with Crippen LogP contribution in [0.15, 0.2) is 38.8 Å². The molecule has 1 aliphatic heterocycles. The van der Waals surface area contributed by atoms with Gasteiger partial charge in [0.25, 0.3) is 5.69 Å². The van der Waals surface area contributed by atoms with Crippen LogP contribution in [-0.4, -0.2) is 55.2 Å². The Bertz CT molecular complexity index is 1190. The second-order valence-electron chi connectivity index (χ2n) is 7.89. The largest absolute Gasteiger partial charge is 0.484 e. The topological polar surface area (TPSA) is 84.0 Å². The molecule has 0 saturated heterocycles. The van der Waals surface area contributed by atoms with Crippen LogP contribution in [0.1, 0.15) is 20.3 Å². The van der Waals surface area contributed by atoms with Gasteiger partial charge in [-0.05, 0) is 32.4 Å². The normalized spacial score (nSPS) is 17.4. The Hall–Kier alpha value is -3.12. The highest BCUT2D eigenvalue weighted by atomic mass is 19.4. The van der Waals surface area contributed by atoms with Gasteiger partial charge in [-0.25, -0.2) is 9.28 Å². The van der Waals surface area contributed by atoms with Crippen molar-refractivity contribution in [2.45, 2.75) is 39.5 Å². The molecule has 3 rings (SSSR count). The zero-order valence-corrected chi connectivity index (χ0v) is 19.5. The number of quaternary nitrogens is 1. The molecule has 0 spiro atoms. The molecule has 2 aromatic rings. The maximum atomic E-state index is 13.4. The molecule has 34 heavy (non-hydrogen) atoms. The number of hydrogen-bond donors (Lipinski definition) is 0. The van der Waals surface area contributed by atoms with Crippen molar-refractivity contribution in [3.05, 3.63) is 45.1 Å². The van der Waals surface area contributed by atoms with Crippen LogP contribution in [0.25, 0.3) is 0 Å². The summed E-state index contributed by atoms with van der Waals surface area (Å²) in [5.41, 5.74) is -0.645. The highest BCUT2D eigenvalue weighted by molar-refractivity contribution is 5.97. The second kappa shape index (κ2) is 10.0. The van der Waals surface area contributed by atoms with Crippen LogP contribution in [-0.2, 0) is 17.8 Å². The average molecular weight is 485 g/mol. The van der Waals surface area contributed by atoms with E-state index in [2.05, 4.69) is 4.99 Å². The predicted octanol–water partition coefficient (Wildman–Crippen LogP) is 3.04. The van der Waals surface area contributed by atoms with Gasteiger partial charge < -0.3 is 14.2 Å². The van der Waals surface area contributed by atoms with Crippen molar-refractivity contribution in [3.63, 3.8) is 0 Å². The first kappa shape index (κ1) is 25.5. The van der Waals surface area contributed by atoms with Gasteiger partial charge in [-0.2, -0.15) is 13.2 Å². The molecule has 0 saturated carbocycles. The van der Waals surface area contributed by atoms with E-state index in [-0.39, 0.29) is 40.9 Å². The summed E-state index contributed by atoms with van der Waals surface area (Å²) in [7, 11) is 3.28. The van der Waals surface area contributed by atoms with Crippen molar-refractivity contribution in [1.82, 2.24) is 13.6 Å². The van der Waals surface area contributed by atoms with Crippen LogP contribution in [0.2, 0.25) is 0 Å². The highest BCUT2D eigenvalue weighted by Crippen LogP contribution is 2.36.